The van der Waals surface area contributed by atoms with Gasteiger partial charge >= 0.3 is 6.03 Å². The second kappa shape index (κ2) is 10.1. The second-order valence-electron chi connectivity index (χ2n) is 7.93. The molecule has 1 aliphatic heterocycles. The van der Waals surface area contributed by atoms with E-state index in [1.807, 2.05) is 31.3 Å². The summed E-state index contributed by atoms with van der Waals surface area (Å²) in [6.45, 7) is 1.42. The highest BCUT2D eigenvalue weighted by Crippen LogP contribution is 2.32. The van der Waals surface area contributed by atoms with Crippen molar-refractivity contribution in [2.75, 3.05) is 35.3 Å². The molecule has 4 rings (SSSR count). The van der Waals surface area contributed by atoms with Crippen molar-refractivity contribution in [2.24, 2.45) is 0 Å². The van der Waals surface area contributed by atoms with Crippen molar-refractivity contribution in [3.63, 3.8) is 0 Å². The topological polar surface area (TPSA) is 64.7 Å². The highest BCUT2D eigenvalue weighted by Gasteiger charge is 2.24. The van der Waals surface area contributed by atoms with E-state index in [0.717, 1.165) is 36.5 Å². The molecule has 0 saturated heterocycles. The molecule has 0 atom stereocenters. The van der Waals surface area contributed by atoms with Crippen LogP contribution in [0.1, 0.15) is 22.3 Å². The number of nitrogens with zero attached hydrogens (tertiary/aromatic N) is 2. The lowest BCUT2D eigenvalue weighted by Crippen LogP contribution is -2.31. The number of nitrogens with one attached hydrogen (secondary N) is 2. The number of hydrogen-bond acceptors (Lipinski definition) is 3. The molecule has 34 heavy (non-hydrogen) atoms. The third-order valence-corrected chi connectivity index (χ3v) is 6.00. The molecule has 0 radical (unpaired) electrons. The molecule has 3 amide bonds. The van der Waals surface area contributed by atoms with Gasteiger partial charge in [0.25, 0.3) is 5.91 Å². The normalized spacial score (nSPS) is 13.2. The third kappa shape index (κ3) is 4.97. The van der Waals surface area contributed by atoms with E-state index in [-0.39, 0.29) is 12.5 Å². The number of hydrogen-bond donors (Lipinski definition) is 2. The van der Waals surface area contributed by atoms with Crippen LogP contribution in [-0.4, -0.2) is 32.1 Å². The average Bonchev–Trinajstić information content (AvgIpc) is 2.99. The fourth-order valence-corrected chi connectivity index (χ4v) is 4.11. The summed E-state index contributed by atoms with van der Waals surface area (Å²) in [5.41, 5.74) is 2.27. The van der Waals surface area contributed by atoms with Gasteiger partial charge in [-0.05, 0) is 48.4 Å². The van der Waals surface area contributed by atoms with Crippen molar-refractivity contribution in [2.45, 2.75) is 13.0 Å². The van der Waals surface area contributed by atoms with Gasteiger partial charge in [-0.15, -0.1) is 0 Å². The molecule has 0 spiro atoms. The summed E-state index contributed by atoms with van der Waals surface area (Å²) < 4.78 is 27.4. The average molecular weight is 485 g/mol. The van der Waals surface area contributed by atoms with Gasteiger partial charge in [-0.1, -0.05) is 35.9 Å². The molecule has 0 aromatic heterocycles. The maximum atomic E-state index is 13.7. The van der Waals surface area contributed by atoms with Crippen LogP contribution in [0.15, 0.2) is 60.7 Å². The van der Waals surface area contributed by atoms with E-state index in [1.165, 1.54) is 6.07 Å². The van der Waals surface area contributed by atoms with Crippen molar-refractivity contribution < 1.29 is 18.4 Å². The summed E-state index contributed by atoms with van der Waals surface area (Å²) in [4.78, 5) is 29.3. The molecule has 3 aromatic rings. The largest absolute Gasteiger partial charge is 0.373 e. The van der Waals surface area contributed by atoms with Crippen molar-refractivity contribution in [3.8, 4) is 0 Å². The number of anilines is 3. The summed E-state index contributed by atoms with van der Waals surface area (Å²) >= 11 is 6.39. The maximum Gasteiger partial charge on any atom is 0.319 e. The van der Waals surface area contributed by atoms with Crippen LogP contribution in [0.4, 0.5) is 30.6 Å². The van der Waals surface area contributed by atoms with E-state index in [4.69, 9.17) is 11.6 Å². The van der Waals surface area contributed by atoms with Crippen LogP contribution in [0.25, 0.3) is 0 Å². The van der Waals surface area contributed by atoms with E-state index in [1.54, 1.807) is 23.1 Å². The summed E-state index contributed by atoms with van der Waals surface area (Å²) in [5, 5.41) is 4.96. The van der Waals surface area contributed by atoms with Crippen LogP contribution in [0, 0.1) is 11.6 Å². The summed E-state index contributed by atoms with van der Waals surface area (Å²) in [6, 6.07) is 15.1. The Morgan fingerprint density at radius 2 is 1.68 bits per heavy atom. The first kappa shape index (κ1) is 23.5. The molecule has 6 nitrogen and oxygen atoms in total. The first-order valence-electron chi connectivity index (χ1n) is 10.7. The highest BCUT2D eigenvalue weighted by atomic mass is 35.5. The minimum absolute atomic E-state index is 0.00650. The number of benzene rings is 3. The van der Waals surface area contributed by atoms with E-state index in [0.29, 0.717) is 22.7 Å². The van der Waals surface area contributed by atoms with Gasteiger partial charge in [-0.25, -0.2) is 13.6 Å². The number of carbonyl (C=O) groups is 2. The zero-order valence-electron chi connectivity index (χ0n) is 18.4. The van der Waals surface area contributed by atoms with Crippen molar-refractivity contribution in [3.05, 3.63) is 88.4 Å². The zero-order chi connectivity index (χ0) is 24.2. The van der Waals surface area contributed by atoms with Crippen LogP contribution >= 0.6 is 11.6 Å². The number of carbonyl (C=O) groups excluding carboxylic acids is 2. The van der Waals surface area contributed by atoms with Gasteiger partial charge in [0.1, 0.15) is 17.3 Å². The fourth-order valence-electron chi connectivity index (χ4n) is 3.86. The number of urea groups is 1. The van der Waals surface area contributed by atoms with Gasteiger partial charge in [0.2, 0.25) is 0 Å². The highest BCUT2D eigenvalue weighted by molar-refractivity contribution is 6.32. The SMILES string of the molecule is CN1CCCN(C(=O)c2ccc(CNC(=O)Nc3c(F)cccc3F)c(Cl)c2)c2ccccc21. The Labute approximate surface area is 201 Å². The molecule has 0 bridgehead atoms. The second-order valence-corrected chi connectivity index (χ2v) is 8.34. The monoisotopic (exact) mass is 484 g/mol. The van der Waals surface area contributed by atoms with Gasteiger partial charge in [0.05, 0.1) is 11.4 Å². The Bertz CT molecular complexity index is 1220. The standard InChI is InChI=1S/C25H23ClF2N4O2/c1-31-12-5-13-32(22-9-3-2-8-21(22)31)24(33)16-10-11-17(18(26)14-16)15-29-25(34)30-23-19(27)6-4-7-20(23)28/h2-4,6-11,14H,5,12-13,15H2,1H3,(H2,29,30,34). The molecule has 1 aliphatic rings. The number of para-hydroxylation sites is 3. The minimum Gasteiger partial charge on any atom is -0.373 e. The minimum atomic E-state index is -0.877. The molecule has 3 aromatic carbocycles. The molecule has 0 saturated carbocycles. The molecular formula is C25H23ClF2N4O2. The van der Waals surface area contributed by atoms with Gasteiger partial charge in [0, 0.05) is 37.3 Å². The third-order valence-electron chi connectivity index (χ3n) is 5.64. The molecule has 9 heteroatoms. The van der Waals surface area contributed by atoms with Crippen LogP contribution in [-0.2, 0) is 6.54 Å². The number of halogens is 3. The van der Waals surface area contributed by atoms with Crippen LogP contribution in [0.5, 0.6) is 0 Å². The molecule has 0 unspecified atom stereocenters. The lowest BCUT2D eigenvalue weighted by atomic mass is 10.1. The molecule has 2 N–H and O–H groups in total. The molecule has 1 heterocycles. The van der Waals surface area contributed by atoms with Crippen LogP contribution in [0.2, 0.25) is 5.02 Å². The van der Waals surface area contributed by atoms with E-state index < -0.39 is 23.4 Å². The Balaban J connectivity index is 1.45. The summed E-state index contributed by atoms with van der Waals surface area (Å²) in [5.74, 6) is -1.92. The molecule has 176 valence electrons. The van der Waals surface area contributed by atoms with Crippen LogP contribution < -0.4 is 20.4 Å². The van der Waals surface area contributed by atoms with Gasteiger partial charge in [-0.2, -0.15) is 0 Å². The Hall–Kier alpha value is -3.65. The van der Waals surface area contributed by atoms with Gasteiger partial charge in [-0.3, -0.25) is 4.79 Å². The number of amides is 3. The lowest BCUT2D eigenvalue weighted by Gasteiger charge is -2.24. The van der Waals surface area contributed by atoms with Gasteiger partial charge < -0.3 is 20.4 Å². The summed E-state index contributed by atoms with van der Waals surface area (Å²) in [6.07, 6.45) is 0.824. The smallest absolute Gasteiger partial charge is 0.319 e. The molecular weight excluding hydrogens is 462 g/mol. The van der Waals surface area contributed by atoms with E-state index in [2.05, 4.69) is 15.5 Å². The number of rotatable bonds is 4. The molecule has 0 aliphatic carbocycles. The zero-order valence-corrected chi connectivity index (χ0v) is 19.2. The Morgan fingerprint density at radius 1 is 0.971 bits per heavy atom. The van der Waals surface area contributed by atoms with Crippen molar-refractivity contribution in [1.82, 2.24) is 5.32 Å². The quantitative estimate of drug-likeness (QED) is 0.519. The Kier molecular flexibility index (Phi) is 6.98. The predicted molar refractivity (Wildman–Crippen MR) is 130 cm³/mol. The van der Waals surface area contributed by atoms with E-state index >= 15 is 0 Å². The fraction of sp³-hybridized carbons (Fsp3) is 0.200. The molecule has 0 fully saturated rings. The van der Waals surface area contributed by atoms with Gasteiger partial charge in [0.15, 0.2) is 0 Å². The summed E-state index contributed by atoms with van der Waals surface area (Å²) in [7, 11) is 2.00. The first-order valence-corrected chi connectivity index (χ1v) is 11.1. The maximum absolute atomic E-state index is 13.7. The Morgan fingerprint density at radius 3 is 2.38 bits per heavy atom. The van der Waals surface area contributed by atoms with E-state index in [9.17, 15) is 18.4 Å². The number of fused-ring (bicyclic) bond motifs is 1. The van der Waals surface area contributed by atoms with Crippen molar-refractivity contribution in [1.29, 1.82) is 0 Å². The van der Waals surface area contributed by atoms with Crippen LogP contribution in [0.3, 0.4) is 0 Å². The predicted octanol–water partition coefficient (Wildman–Crippen LogP) is 5.43. The first-order chi connectivity index (χ1) is 16.3. The lowest BCUT2D eigenvalue weighted by molar-refractivity contribution is 0.0987. The van der Waals surface area contributed by atoms with Crippen molar-refractivity contribution >= 4 is 40.6 Å².